The van der Waals surface area contributed by atoms with Gasteiger partial charge in [0, 0.05) is 36.2 Å². The van der Waals surface area contributed by atoms with Gasteiger partial charge in [0.1, 0.15) is 5.82 Å². The molecular formula is C43H65FO10. The summed E-state index contributed by atoms with van der Waals surface area (Å²) >= 11 is 0. The van der Waals surface area contributed by atoms with E-state index in [-0.39, 0.29) is 78.0 Å². The summed E-state index contributed by atoms with van der Waals surface area (Å²) in [5.41, 5.74) is 0.275. The summed E-state index contributed by atoms with van der Waals surface area (Å²) in [5, 5.41) is 21.0. The molecule has 5 heterocycles. The third-order valence-corrected chi connectivity index (χ3v) is 13.7. The Morgan fingerprint density at radius 2 is 1.78 bits per heavy atom. The second kappa shape index (κ2) is 16.1. The minimum absolute atomic E-state index is 0.0277. The molecule has 5 aliphatic heterocycles. The minimum Gasteiger partial charge on any atom is -0.466 e. The lowest BCUT2D eigenvalue weighted by Crippen LogP contribution is -2.56. The number of halogens is 1. The van der Waals surface area contributed by atoms with Crippen LogP contribution in [0.3, 0.4) is 0 Å². The summed E-state index contributed by atoms with van der Waals surface area (Å²) in [6, 6.07) is 6.38. The zero-order valence-electron chi connectivity index (χ0n) is 33.8. The number of aliphatic hydroxyl groups is 2. The molecule has 2 N–H and O–H groups in total. The normalized spacial score (nSPS) is 44.9. The zero-order chi connectivity index (χ0) is 39.2. The molecule has 0 radical (unpaired) electrons. The molecular weight excluding hydrogens is 695 g/mol. The number of carbonyl (C=O) groups is 1. The van der Waals surface area contributed by atoms with Gasteiger partial charge in [-0.25, -0.2) is 9.18 Å². The van der Waals surface area contributed by atoms with Gasteiger partial charge in [0.2, 0.25) is 0 Å². The van der Waals surface area contributed by atoms with E-state index in [1.165, 1.54) is 19.2 Å². The predicted octanol–water partition coefficient (Wildman–Crippen LogP) is 7.02. The van der Waals surface area contributed by atoms with Gasteiger partial charge in [-0.05, 0) is 81.9 Å². The van der Waals surface area contributed by atoms with Gasteiger partial charge in [-0.1, -0.05) is 59.8 Å². The van der Waals surface area contributed by atoms with Gasteiger partial charge in [0.05, 0.1) is 68.1 Å². The van der Waals surface area contributed by atoms with E-state index in [1.54, 1.807) is 19.1 Å². The zero-order valence-corrected chi connectivity index (χ0v) is 33.8. The molecule has 0 saturated carbocycles. The fraction of sp³-hybridized carbons (Fsp3) is 0.791. The summed E-state index contributed by atoms with van der Waals surface area (Å²) in [4.78, 5) is 12.3. The highest BCUT2D eigenvalue weighted by Crippen LogP contribution is 2.55. The topological polar surface area (TPSA) is 122 Å². The van der Waals surface area contributed by atoms with Crippen molar-refractivity contribution in [1.29, 1.82) is 0 Å². The van der Waals surface area contributed by atoms with Gasteiger partial charge in [-0.15, -0.1) is 0 Å². The van der Waals surface area contributed by atoms with Crippen LogP contribution >= 0.6 is 0 Å². The summed E-state index contributed by atoms with van der Waals surface area (Å²) in [7, 11) is 1.38. The average molecular weight is 761 g/mol. The van der Waals surface area contributed by atoms with Crippen LogP contribution in [0.5, 0.6) is 0 Å². The first-order valence-corrected chi connectivity index (χ1v) is 20.3. The molecule has 11 heteroatoms. The van der Waals surface area contributed by atoms with E-state index in [9.17, 15) is 19.4 Å². The molecule has 0 bridgehead atoms. The molecule has 54 heavy (non-hydrogen) atoms. The molecule has 5 aliphatic rings. The fourth-order valence-corrected chi connectivity index (χ4v) is 10.4. The van der Waals surface area contributed by atoms with E-state index in [1.807, 2.05) is 19.9 Å². The van der Waals surface area contributed by atoms with Crippen molar-refractivity contribution >= 4 is 5.97 Å². The van der Waals surface area contributed by atoms with Gasteiger partial charge in [0.15, 0.2) is 11.6 Å². The molecule has 1 aromatic carbocycles. The number of hydrogen-bond acceptors (Lipinski definition) is 10. The first kappa shape index (κ1) is 41.7. The molecule has 0 aromatic heterocycles. The Hall–Kier alpha value is -1.96. The third-order valence-electron chi connectivity index (χ3n) is 13.7. The van der Waals surface area contributed by atoms with Gasteiger partial charge < -0.3 is 43.4 Å². The standard InChI is InChI=1S/C43H65FO10/c1-10-41(38-27(4)21-33(50-38)37-26(3)20-29(6)43(47,24-45)53-37)16-15-35(51-41)40(8)17-18-42(54-40)22-34(49-23-31-11-13-32(44)14-12-31)30(7)36(52-42)25(2)19-28(5)39(46)48-9/h11-14,19,25-27,29-30,33-38,45,47H,10,15-18,20-24H2,1-9H3/b28-19+/t25-,26-,27-,29+,30+,33+,34-,35+,36+,37-,38+,40-,41-,42+,43-/m0/s1. The molecule has 1 aromatic rings. The SMILES string of the molecule is CC[C@@]1([C@@H]2O[C@@H]([C@H]3O[C@@](O)(CO)[C@H](C)C[C@@H]3C)C[C@@H]2C)CC[C@H]([C@]2(C)CC[C@]3(C[C@H](OCc4ccc(F)cc4)[C@@H](C)[C@@H]([C@@H](C)/C=C(\C)C(=O)OC)O3)O2)O1. The fourth-order valence-electron chi connectivity index (χ4n) is 10.4. The van der Waals surface area contributed by atoms with Crippen LogP contribution < -0.4 is 0 Å². The van der Waals surface area contributed by atoms with Crippen molar-refractivity contribution in [1.82, 2.24) is 0 Å². The van der Waals surface area contributed by atoms with Crippen LogP contribution in [0.1, 0.15) is 112 Å². The molecule has 10 nitrogen and oxygen atoms in total. The van der Waals surface area contributed by atoms with Crippen molar-refractivity contribution in [3.05, 3.63) is 47.3 Å². The van der Waals surface area contributed by atoms with Crippen LogP contribution in [0, 0.1) is 35.4 Å². The van der Waals surface area contributed by atoms with Gasteiger partial charge in [-0.3, -0.25) is 0 Å². The molecule has 5 fully saturated rings. The van der Waals surface area contributed by atoms with E-state index < -0.39 is 29.4 Å². The summed E-state index contributed by atoms with van der Waals surface area (Å²) < 4.78 is 59.7. The lowest BCUT2D eigenvalue weighted by molar-refractivity contribution is -0.335. The molecule has 6 rings (SSSR count). The number of methoxy groups -OCH3 is 1. The minimum atomic E-state index is -1.57. The number of carbonyl (C=O) groups excluding carboxylic acids is 1. The maximum Gasteiger partial charge on any atom is 0.333 e. The average Bonchev–Trinajstić information content (AvgIpc) is 3.86. The molecule has 304 valence electrons. The number of esters is 1. The van der Waals surface area contributed by atoms with Crippen LogP contribution in [0.2, 0.25) is 0 Å². The molecule has 0 aliphatic carbocycles. The van der Waals surface area contributed by atoms with Crippen LogP contribution in [0.25, 0.3) is 0 Å². The maximum atomic E-state index is 13.7. The third kappa shape index (κ3) is 8.08. The number of ether oxygens (including phenoxy) is 7. The summed E-state index contributed by atoms with van der Waals surface area (Å²) in [6.07, 6.45) is 6.42. The van der Waals surface area contributed by atoms with Crippen molar-refractivity contribution in [3.63, 3.8) is 0 Å². The molecule has 5 saturated heterocycles. The Morgan fingerprint density at radius 3 is 2.44 bits per heavy atom. The first-order chi connectivity index (χ1) is 25.5. The van der Waals surface area contributed by atoms with E-state index in [0.29, 0.717) is 25.0 Å². The van der Waals surface area contributed by atoms with Crippen molar-refractivity contribution in [2.24, 2.45) is 29.6 Å². The van der Waals surface area contributed by atoms with Crippen molar-refractivity contribution < 1.29 is 52.6 Å². The molecule has 1 spiro atoms. The van der Waals surface area contributed by atoms with E-state index in [2.05, 4.69) is 34.6 Å². The van der Waals surface area contributed by atoms with Crippen LogP contribution in [0.4, 0.5) is 4.39 Å². The van der Waals surface area contributed by atoms with E-state index in [4.69, 9.17) is 33.2 Å². The Balaban J connectivity index is 1.18. The molecule has 0 amide bonds. The second-order valence-electron chi connectivity index (χ2n) is 17.7. The van der Waals surface area contributed by atoms with Crippen LogP contribution in [0.15, 0.2) is 35.9 Å². The Kier molecular flexibility index (Phi) is 12.4. The summed E-state index contributed by atoms with van der Waals surface area (Å²) in [6.45, 7) is 16.4. The first-order valence-electron chi connectivity index (χ1n) is 20.3. The predicted molar refractivity (Wildman–Crippen MR) is 199 cm³/mol. The van der Waals surface area contributed by atoms with Crippen molar-refractivity contribution in [3.8, 4) is 0 Å². The van der Waals surface area contributed by atoms with E-state index >= 15 is 0 Å². The number of hydrogen-bond donors (Lipinski definition) is 2. The highest BCUT2D eigenvalue weighted by atomic mass is 19.1. The highest BCUT2D eigenvalue weighted by molar-refractivity contribution is 5.87. The quantitative estimate of drug-likeness (QED) is 0.180. The van der Waals surface area contributed by atoms with Gasteiger partial charge in [-0.2, -0.15) is 0 Å². The monoisotopic (exact) mass is 760 g/mol. The lowest BCUT2D eigenvalue weighted by atomic mass is 9.80. The highest BCUT2D eigenvalue weighted by Gasteiger charge is 2.62. The Morgan fingerprint density at radius 1 is 1.06 bits per heavy atom. The molecule has 15 atom stereocenters. The largest absolute Gasteiger partial charge is 0.466 e. The maximum absolute atomic E-state index is 13.7. The van der Waals surface area contributed by atoms with Crippen molar-refractivity contribution in [2.45, 2.75) is 173 Å². The summed E-state index contributed by atoms with van der Waals surface area (Å²) in [5.74, 6) is -3.11. The Labute approximate surface area is 321 Å². The second-order valence-corrected chi connectivity index (χ2v) is 17.7. The van der Waals surface area contributed by atoms with Crippen molar-refractivity contribution in [2.75, 3.05) is 13.7 Å². The van der Waals surface area contributed by atoms with E-state index in [0.717, 1.165) is 44.1 Å². The van der Waals surface area contributed by atoms with Gasteiger partial charge in [0.25, 0.3) is 0 Å². The smallest absolute Gasteiger partial charge is 0.333 e. The Bertz CT molecular complexity index is 1490. The molecule has 0 unspecified atom stereocenters. The van der Waals surface area contributed by atoms with Crippen LogP contribution in [-0.4, -0.2) is 89.3 Å². The van der Waals surface area contributed by atoms with Crippen LogP contribution in [-0.2, 0) is 44.6 Å². The number of benzene rings is 1. The van der Waals surface area contributed by atoms with Gasteiger partial charge >= 0.3 is 5.97 Å². The number of rotatable bonds is 11. The number of aliphatic hydroxyl groups excluding tert-OH is 1. The lowest BCUT2D eigenvalue weighted by Gasteiger charge is -2.48.